The van der Waals surface area contributed by atoms with Crippen molar-refractivity contribution in [2.45, 2.75) is 32.3 Å². The second-order valence-electron chi connectivity index (χ2n) is 6.48. The summed E-state index contributed by atoms with van der Waals surface area (Å²) in [5.74, 6) is -0.693. The molecule has 0 aliphatic carbocycles. The molecule has 1 heterocycles. The summed E-state index contributed by atoms with van der Waals surface area (Å²) in [6.07, 6.45) is 1.75. The first-order valence-corrected chi connectivity index (χ1v) is 8.18. The Morgan fingerprint density at radius 2 is 1.68 bits per heavy atom. The highest BCUT2D eigenvalue weighted by Crippen LogP contribution is 2.36. The van der Waals surface area contributed by atoms with Crippen molar-refractivity contribution in [2.75, 3.05) is 13.1 Å². The fraction of sp³-hybridized carbons (Fsp3) is 0.533. The molecule has 0 bridgehead atoms. The minimum Gasteiger partial charge on any atom is -0.456 e. The summed E-state index contributed by atoms with van der Waals surface area (Å²) < 4.78 is 5.53. The monoisotopic (exact) mass is 372 g/mol. The maximum Gasteiger partial charge on any atom is 0.339 e. The lowest BCUT2D eigenvalue weighted by Crippen LogP contribution is -2.86. The van der Waals surface area contributed by atoms with E-state index >= 15 is 0 Å². The molecule has 0 unspecified atom stereocenters. The molecule has 1 aliphatic heterocycles. The number of benzene rings is 1. The van der Waals surface area contributed by atoms with Crippen LogP contribution < -0.4 is 5.32 Å². The van der Waals surface area contributed by atoms with Gasteiger partial charge < -0.3 is 10.1 Å². The number of esters is 1. The maximum atomic E-state index is 12.4. The Morgan fingerprint density at radius 3 is 2.12 bits per heavy atom. The molecule has 136 valence electrons. The zero-order valence-corrected chi connectivity index (χ0v) is 14.6. The van der Waals surface area contributed by atoms with Crippen molar-refractivity contribution < 1.29 is 24.7 Å². The number of piperidine rings is 1. The van der Waals surface area contributed by atoms with Gasteiger partial charge in [0.2, 0.25) is 0 Å². The number of rotatable bonds is 5. The van der Waals surface area contributed by atoms with Gasteiger partial charge in [-0.3, -0.25) is 20.2 Å². The van der Waals surface area contributed by atoms with Crippen molar-refractivity contribution >= 4 is 28.9 Å². The summed E-state index contributed by atoms with van der Waals surface area (Å²) in [5, 5.41) is 23.7. The molecule has 0 spiro atoms. The van der Waals surface area contributed by atoms with E-state index in [2.05, 4.69) is 5.32 Å². The van der Waals surface area contributed by atoms with Crippen LogP contribution in [0.25, 0.3) is 0 Å². The highest BCUT2D eigenvalue weighted by Gasteiger charge is 2.36. The van der Waals surface area contributed by atoms with Crippen LogP contribution in [0.4, 0.5) is 11.4 Å². The summed E-state index contributed by atoms with van der Waals surface area (Å²) in [5.41, 5.74) is -2.45. The maximum absolute atomic E-state index is 12.4. The van der Waals surface area contributed by atoms with E-state index in [-0.39, 0.29) is 11.5 Å². The third kappa shape index (κ3) is 4.23. The van der Waals surface area contributed by atoms with Crippen LogP contribution in [0.3, 0.4) is 0 Å². The molecule has 9 nitrogen and oxygen atoms in total. The van der Waals surface area contributed by atoms with E-state index in [9.17, 15) is 25.0 Å². The molecule has 0 radical (unpaired) electrons. The summed E-state index contributed by atoms with van der Waals surface area (Å²) in [7, 11) is 0. The summed E-state index contributed by atoms with van der Waals surface area (Å²) in [4.78, 5) is 32.8. The van der Waals surface area contributed by atoms with E-state index in [0.29, 0.717) is 0 Å². The molecule has 0 amide bonds. The lowest BCUT2D eigenvalue weighted by Gasteiger charge is -2.35. The van der Waals surface area contributed by atoms with Gasteiger partial charge in [-0.1, -0.05) is 11.6 Å². The van der Waals surface area contributed by atoms with E-state index in [1.54, 1.807) is 13.8 Å². The molecule has 10 heteroatoms. The lowest BCUT2D eigenvalue weighted by atomic mass is 9.83. The fourth-order valence-electron chi connectivity index (χ4n) is 2.98. The Labute approximate surface area is 148 Å². The average Bonchev–Trinajstić information content (AvgIpc) is 2.54. The van der Waals surface area contributed by atoms with Crippen molar-refractivity contribution in [3.63, 3.8) is 0 Å². The first-order chi connectivity index (χ1) is 11.6. The van der Waals surface area contributed by atoms with Gasteiger partial charge >= 0.3 is 5.97 Å². The predicted octanol–water partition coefficient (Wildman–Crippen LogP) is 2.07. The van der Waals surface area contributed by atoms with Gasteiger partial charge in [-0.05, 0) is 13.8 Å². The van der Waals surface area contributed by atoms with E-state index in [1.165, 1.54) is 0 Å². The first-order valence-electron chi connectivity index (χ1n) is 7.81. The predicted molar refractivity (Wildman–Crippen MR) is 88.6 cm³/mol. The number of nitro groups is 2. The zero-order valence-electron chi connectivity index (χ0n) is 13.9. The molecule has 1 fully saturated rings. The molecular weight excluding hydrogens is 354 g/mol. The molecule has 0 atom stereocenters. The van der Waals surface area contributed by atoms with E-state index in [4.69, 9.17) is 16.3 Å². The van der Waals surface area contributed by atoms with Crippen LogP contribution in [-0.4, -0.2) is 34.5 Å². The van der Waals surface area contributed by atoms with Gasteiger partial charge in [0.05, 0.1) is 28.5 Å². The van der Waals surface area contributed by atoms with Crippen molar-refractivity contribution in [3.8, 4) is 0 Å². The number of hydrogen-bond donors (Lipinski definition) is 1. The number of halogens is 1. The van der Waals surface area contributed by atoms with Gasteiger partial charge in [-0.2, -0.15) is 0 Å². The Kier molecular flexibility index (Phi) is 5.58. The number of carbonyl (C=O) groups is 1. The van der Waals surface area contributed by atoms with Crippen molar-refractivity contribution in [1.82, 2.24) is 0 Å². The van der Waals surface area contributed by atoms with Crippen LogP contribution in [0.5, 0.6) is 0 Å². The number of hydrogen-bond acceptors (Lipinski definition) is 6. The van der Waals surface area contributed by atoms with Gasteiger partial charge in [-0.25, -0.2) is 4.79 Å². The Bertz CT molecular complexity index is 680. The third-order valence-corrected chi connectivity index (χ3v) is 4.83. The number of ether oxygens (including phenoxy) is 1. The summed E-state index contributed by atoms with van der Waals surface area (Å²) in [6.45, 7) is 5.42. The van der Waals surface area contributed by atoms with E-state index < -0.39 is 37.8 Å². The Hall–Kier alpha value is -2.26. The van der Waals surface area contributed by atoms with E-state index in [1.807, 2.05) is 0 Å². The third-order valence-electron chi connectivity index (χ3n) is 4.44. The van der Waals surface area contributed by atoms with E-state index in [0.717, 1.165) is 38.1 Å². The number of nitrogens with two attached hydrogens (primary N) is 1. The second kappa shape index (κ2) is 7.32. The molecule has 1 aromatic rings. The van der Waals surface area contributed by atoms with Gasteiger partial charge in [0.15, 0.2) is 5.02 Å². The molecular formula is C15H19ClN3O6+. The lowest BCUT2D eigenvalue weighted by molar-refractivity contribution is -0.665. The topological polar surface area (TPSA) is 129 Å². The molecule has 25 heavy (non-hydrogen) atoms. The number of carbonyl (C=O) groups excluding carboxylic acids is 1. The molecule has 0 aromatic heterocycles. The standard InChI is InChI=1S/C15H18ClN3O6/c1-15(2,10-3-5-17-6-4-10)25-14(20)9-7-11(18(21)22)13(16)12(8-9)19(23)24/h7-8,10,17H,3-6H2,1-2H3/p+1. The van der Waals surface area contributed by atoms with Gasteiger partial charge in [0, 0.05) is 30.9 Å². The molecule has 1 saturated heterocycles. The number of quaternary nitrogens is 1. The van der Waals surface area contributed by atoms with Crippen LogP contribution in [-0.2, 0) is 4.74 Å². The molecule has 2 rings (SSSR count). The normalized spacial score (nSPS) is 15.6. The highest BCUT2D eigenvalue weighted by molar-refractivity contribution is 6.35. The van der Waals surface area contributed by atoms with Gasteiger partial charge in [0.25, 0.3) is 11.4 Å². The fourth-order valence-corrected chi connectivity index (χ4v) is 3.23. The van der Waals surface area contributed by atoms with Crippen molar-refractivity contribution in [3.05, 3.63) is 42.9 Å². The molecule has 1 aliphatic rings. The SMILES string of the molecule is CC(C)(OC(=O)c1cc([N+](=O)[O-])c(Cl)c([N+](=O)[O-])c1)C1CC[NH2+]CC1. The van der Waals surface area contributed by atoms with Gasteiger partial charge in [0.1, 0.15) is 5.60 Å². The minimum absolute atomic E-state index is 0.152. The molecule has 1 aromatic carbocycles. The minimum atomic E-state index is -0.867. The highest BCUT2D eigenvalue weighted by atomic mass is 35.5. The Morgan fingerprint density at radius 1 is 1.20 bits per heavy atom. The Balaban J connectivity index is 2.32. The molecule has 0 saturated carbocycles. The second-order valence-corrected chi connectivity index (χ2v) is 6.85. The van der Waals surface area contributed by atoms with Crippen molar-refractivity contribution in [2.24, 2.45) is 5.92 Å². The number of nitro benzene ring substituents is 2. The summed E-state index contributed by atoms with van der Waals surface area (Å²) in [6, 6.07) is 1.81. The van der Waals surface area contributed by atoms with Crippen LogP contribution in [0.2, 0.25) is 5.02 Å². The van der Waals surface area contributed by atoms with Gasteiger partial charge in [-0.15, -0.1) is 0 Å². The average molecular weight is 373 g/mol. The van der Waals surface area contributed by atoms with Crippen LogP contribution >= 0.6 is 11.6 Å². The van der Waals surface area contributed by atoms with Crippen LogP contribution in [0.1, 0.15) is 37.0 Å². The smallest absolute Gasteiger partial charge is 0.339 e. The summed E-state index contributed by atoms with van der Waals surface area (Å²) >= 11 is 5.69. The quantitative estimate of drug-likeness (QED) is 0.478. The first kappa shape index (κ1) is 19.1. The largest absolute Gasteiger partial charge is 0.456 e. The van der Waals surface area contributed by atoms with Crippen LogP contribution in [0.15, 0.2) is 12.1 Å². The molecule has 2 N–H and O–H groups in total. The number of nitrogens with zero attached hydrogens (tertiary/aromatic N) is 2. The zero-order chi connectivity index (χ0) is 18.8. The van der Waals surface area contributed by atoms with Crippen LogP contribution in [0, 0.1) is 26.1 Å². The van der Waals surface area contributed by atoms with Crippen molar-refractivity contribution in [1.29, 1.82) is 0 Å².